The van der Waals surface area contributed by atoms with Crippen LogP contribution in [0.3, 0.4) is 0 Å². The SMILES string of the molecule is CC(Nc1c(F)cc(N)cc1F)C(=O)N1CCCC1. The van der Waals surface area contributed by atoms with Gasteiger partial charge in [-0.05, 0) is 31.9 Å². The van der Waals surface area contributed by atoms with Crippen LogP contribution < -0.4 is 11.1 Å². The fourth-order valence-corrected chi connectivity index (χ4v) is 2.22. The number of likely N-dealkylation sites (tertiary alicyclic amines) is 1. The maximum Gasteiger partial charge on any atom is 0.244 e. The Morgan fingerprint density at radius 1 is 1.32 bits per heavy atom. The number of nitrogens with zero attached hydrogens (tertiary/aromatic N) is 1. The lowest BCUT2D eigenvalue weighted by Crippen LogP contribution is -2.40. The van der Waals surface area contributed by atoms with E-state index in [1.807, 2.05) is 0 Å². The number of halogens is 2. The van der Waals surface area contributed by atoms with Gasteiger partial charge < -0.3 is 16.0 Å². The number of hydrogen-bond donors (Lipinski definition) is 2. The van der Waals surface area contributed by atoms with Crippen molar-refractivity contribution in [2.24, 2.45) is 0 Å². The smallest absolute Gasteiger partial charge is 0.244 e. The Bertz CT molecular complexity index is 464. The van der Waals surface area contributed by atoms with E-state index in [2.05, 4.69) is 5.32 Å². The first-order valence-electron chi connectivity index (χ1n) is 6.29. The summed E-state index contributed by atoms with van der Waals surface area (Å²) in [5.74, 6) is -1.73. The van der Waals surface area contributed by atoms with Gasteiger partial charge in [-0.15, -0.1) is 0 Å². The van der Waals surface area contributed by atoms with Crippen LogP contribution >= 0.6 is 0 Å². The molecule has 1 aromatic rings. The zero-order chi connectivity index (χ0) is 14.0. The van der Waals surface area contributed by atoms with Gasteiger partial charge in [-0.2, -0.15) is 0 Å². The summed E-state index contributed by atoms with van der Waals surface area (Å²) in [6, 6.07) is 1.38. The van der Waals surface area contributed by atoms with Gasteiger partial charge in [0.2, 0.25) is 5.91 Å². The highest BCUT2D eigenvalue weighted by atomic mass is 19.1. The first-order chi connectivity index (χ1) is 8.99. The van der Waals surface area contributed by atoms with Crippen LogP contribution in [0.5, 0.6) is 0 Å². The van der Waals surface area contributed by atoms with E-state index in [1.54, 1.807) is 11.8 Å². The Kier molecular flexibility index (Phi) is 3.87. The first kappa shape index (κ1) is 13.6. The second-order valence-electron chi connectivity index (χ2n) is 4.76. The highest BCUT2D eigenvalue weighted by Gasteiger charge is 2.24. The molecule has 1 aliphatic heterocycles. The molecule has 0 bridgehead atoms. The maximum absolute atomic E-state index is 13.6. The number of rotatable bonds is 3. The molecule has 6 heteroatoms. The Morgan fingerprint density at radius 2 is 1.84 bits per heavy atom. The van der Waals surface area contributed by atoms with E-state index < -0.39 is 17.7 Å². The fourth-order valence-electron chi connectivity index (χ4n) is 2.22. The van der Waals surface area contributed by atoms with Crippen LogP contribution in [0.2, 0.25) is 0 Å². The third kappa shape index (κ3) is 2.94. The third-order valence-electron chi connectivity index (χ3n) is 3.21. The molecule has 0 radical (unpaired) electrons. The Labute approximate surface area is 110 Å². The lowest BCUT2D eigenvalue weighted by molar-refractivity contribution is -0.130. The molecule has 1 heterocycles. The van der Waals surface area contributed by atoms with Crippen LogP contribution in [0.1, 0.15) is 19.8 Å². The minimum Gasteiger partial charge on any atom is -0.399 e. The molecule has 0 aliphatic carbocycles. The standard InChI is InChI=1S/C13H17F2N3O/c1-8(13(19)18-4-2-3-5-18)17-12-10(14)6-9(16)7-11(12)15/h6-8,17H,2-5,16H2,1H3. The second kappa shape index (κ2) is 5.42. The molecule has 1 unspecified atom stereocenters. The predicted octanol–water partition coefficient (Wildman–Crippen LogP) is 1.97. The Balaban J connectivity index is 2.10. The molecule has 19 heavy (non-hydrogen) atoms. The fraction of sp³-hybridized carbons (Fsp3) is 0.462. The summed E-state index contributed by atoms with van der Waals surface area (Å²) in [6.07, 6.45) is 1.95. The molecule has 4 nitrogen and oxygen atoms in total. The quantitative estimate of drug-likeness (QED) is 0.825. The first-order valence-corrected chi connectivity index (χ1v) is 6.29. The molecule has 104 valence electrons. The van der Waals surface area contributed by atoms with Crippen LogP contribution in [0.4, 0.5) is 20.2 Å². The van der Waals surface area contributed by atoms with Crippen LogP contribution in [0, 0.1) is 11.6 Å². The highest BCUT2D eigenvalue weighted by Crippen LogP contribution is 2.23. The number of anilines is 2. The van der Waals surface area contributed by atoms with Crippen LogP contribution in [0.25, 0.3) is 0 Å². The van der Waals surface area contributed by atoms with Gasteiger partial charge in [-0.1, -0.05) is 0 Å². The van der Waals surface area contributed by atoms with E-state index in [4.69, 9.17) is 5.73 Å². The van der Waals surface area contributed by atoms with E-state index in [-0.39, 0.29) is 17.3 Å². The number of nitrogens with one attached hydrogen (secondary N) is 1. The highest BCUT2D eigenvalue weighted by molar-refractivity contribution is 5.84. The van der Waals surface area contributed by atoms with Crippen molar-refractivity contribution in [1.82, 2.24) is 4.90 Å². The van der Waals surface area contributed by atoms with E-state index in [0.29, 0.717) is 13.1 Å². The molecular weight excluding hydrogens is 252 g/mol. The average Bonchev–Trinajstić information content (AvgIpc) is 2.86. The molecule has 1 fully saturated rings. The zero-order valence-corrected chi connectivity index (χ0v) is 10.7. The molecule has 1 saturated heterocycles. The molecule has 2 rings (SSSR count). The van der Waals surface area contributed by atoms with Crippen molar-refractivity contribution in [1.29, 1.82) is 0 Å². The third-order valence-corrected chi connectivity index (χ3v) is 3.21. The normalized spacial score (nSPS) is 16.5. The van der Waals surface area contributed by atoms with Gasteiger partial charge in [-0.3, -0.25) is 4.79 Å². The largest absolute Gasteiger partial charge is 0.399 e. The predicted molar refractivity (Wildman–Crippen MR) is 69.7 cm³/mol. The average molecular weight is 269 g/mol. The van der Waals surface area contributed by atoms with Crippen molar-refractivity contribution in [3.05, 3.63) is 23.8 Å². The van der Waals surface area contributed by atoms with Crippen molar-refractivity contribution in [2.45, 2.75) is 25.8 Å². The molecular formula is C13H17F2N3O. The van der Waals surface area contributed by atoms with Gasteiger partial charge in [0, 0.05) is 18.8 Å². The van der Waals surface area contributed by atoms with Crippen LogP contribution in [-0.2, 0) is 4.79 Å². The number of nitrogens with two attached hydrogens (primary N) is 1. The summed E-state index contributed by atoms with van der Waals surface area (Å²) < 4.78 is 27.2. The van der Waals surface area contributed by atoms with Gasteiger partial charge in [0.15, 0.2) is 11.6 Å². The van der Waals surface area contributed by atoms with Gasteiger partial charge >= 0.3 is 0 Å². The maximum atomic E-state index is 13.6. The monoisotopic (exact) mass is 269 g/mol. The van der Waals surface area contributed by atoms with Crippen molar-refractivity contribution in [2.75, 3.05) is 24.1 Å². The number of amides is 1. The van der Waals surface area contributed by atoms with Crippen LogP contribution in [-0.4, -0.2) is 29.9 Å². The molecule has 1 aliphatic rings. The zero-order valence-electron chi connectivity index (χ0n) is 10.7. The number of carbonyl (C=O) groups excluding carboxylic acids is 1. The molecule has 0 saturated carbocycles. The lowest BCUT2D eigenvalue weighted by Gasteiger charge is -2.22. The number of benzene rings is 1. The minimum atomic E-state index is -0.793. The van der Waals surface area contributed by atoms with E-state index in [0.717, 1.165) is 25.0 Å². The Hall–Kier alpha value is -1.85. The second-order valence-corrected chi connectivity index (χ2v) is 4.76. The van der Waals surface area contributed by atoms with E-state index in [9.17, 15) is 13.6 Å². The van der Waals surface area contributed by atoms with E-state index >= 15 is 0 Å². The molecule has 1 atom stereocenters. The molecule has 3 N–H and O–H groups in total. The summed E-state index contributed by atoms with van der Waals surface area (Å²) in [6.45, 7) is 3.00. The van der Waals surface area contributed by atoms with Gasteiger partial charge in [0.1, 0.15) is 11.7 Å². The summed E-state index contributed by atoms with van der Waals surface area (Å²) >= 11 is 0. The summed E-state index contributed by atoms with van der Waals surface area (Å²) in [5.41, 5.74) is 5.04. The Morgan fingerprint density at radius 3 is 2.37 bits per heavy atom. The van der Waals surface area contributed by atoms with Crippen LogP contribution in [0.15, 0.2) is 12.1 Å². The summed E-state index contributed by atoms with van der Waals surface area (Å²) in [4.78, 5) is 13.7. The van der Waals surface area contributed by atoms with Crippen molar-refractivity contribution >= 4 is 17.3 Å². The molecule has 1 aromatic carbocycles. The van der Waals surface area contributed by atoms with Crippen molar-refractivity contribution in [3.63, 3.8) is 0 Å². The van der Waals surface area contributed by atoms with Gasteiger partial charge in [0.25, 0.3) is 0 Å². The molecule has 1 amide bonds. The van der Waals surface area contributed by atoms with E-state index in [1.165, 1.54) is 0 Å². The molecule has 0 aromatic heterocycles. The topological polar surface area (TPSA) is 58.4 Å². The van der Waals surface area contributed by atoms with Crippen molar-refractivity contribution < 1.29 is 13.6 Å². The summed E-state index contributed by atoms with van der Waals surface area (Å²) in [5, 5.41) is 2.59. The van der Waals surface area contributed by atoms with Crippen molar-refractivity contribution in [3.8, 4) is 0 Å². The lowest BCUT2D eigenvalue weighted by atomic mass is 10.2. The number of carbonyl (C=O) groups is 1. The summed E-state index contributed by atoms with van der Waals surface area (Å²) in [7, 11) is 0. The molecule has 0 spiro atoms. The van der Waals surface area contributed by atoms with Gasteiger partial charge in [0.05, 0.1) is 0 Å². The minimum absolute atomic E-state index is 0.0130. The van der Waals surface area contributed by atoms with Gasteiger partial charge in [-0.25, -0.2) is 8.78 Å². The number of hydrogen-bond acceptors (Lipinski definition) is 3. The number of nitrogen functional groups attached to an aromatic ring is 1.